The van der Waals surface area contributed by atoms with E-state index >= 15 is 0 Å². The van der Waals surface area contributed by atoms with Crippen molar-refractivity contribution in [3.8, 4) is 0 Å². The Bertz CT molecular complexity index is 844. The van der Waals surface area contributed by atoms with E-state index in [4.69, 9.17) is 23.2 Å². The lowest BCUT2D eigenvalue weighted by atomic mass is 10.1. The smallest absolute Gasteiger partial charge is 0.290 e. The van der Waals surface area contributed by atoms with E-state index in [0.717, 1.165) is 6.42 Å². The van der Waals surface area contributed by atoms with Gasteiger partial charge in [0.2, 0.25) is 6.54 Å². The number of hydrogen-bond donors (Lipinski definition) is 1. The Balaban J connectivity index is 1.60. The van der Waals surface area contributed by atoms with Crippen molar-refractivity contribution in [3.63, 3.8) is 0 Å². The number of carbonyl (C=O) groups is 1. The van der Waals surface area contributed by atoms with E-state index in [1.54, 1.807) is 18.2 Å². The molecule has 0 atom stereocenters. The van der Waals surface area contributed by atoms with E-state index in [1.807, 2.05) is 47.3 Å². The first kappa shape index (κ1) is 17.5. The average molecular weight is 372 g/mol. The van der Waals surface area contributed by atoms with Gasteiger partial charge in [-0.15, -0.1) is 0 Å². The second kappa shape index (κ2) is 8.15. The molecule has 3 rings (SSSR count). The van der Waals surface area contributed by atoms with Crippen LogP contribution in [0.1, 0.15) is 11.1 Å². The van der Waals surface area contributed by atoms with Gasteiger partial charge in [-0.3, -0.25) is 4.79 Å². The van der Waals surface area contributed by atoms with Crippen LogP contribution in [0.2, 0.25) is 10.0 Å². The molecule has 1 aromatic heterocycles. The molecule has 5 heteroatoms. The number of benzene rings is 2. The summed E-state index contributed by atoms with van der Waals surface area (Å²) in [6.07, 6.45) is 4.68. The number of halogens is 2. The molecule has 0 aliphatic rings. The number of carbonyl (C=O) groups excluding carboxylic acids is 1. The van der Waals surface area contributed by atoms with E-state index in [-0.39, 0.29) is 12.5 Å². The molecular formula is C20H17Cl2N2O+. The van der Waals surface area contributed by atoms with Crippen LogP contribution in [0.3, 0.4) is 0 Å². The summed E-state index contributed by atoms with van der Waals surface area (Å²) >= 11 is 11.9. The van der Waals surface area contributed by atoms with Gasteiger partial charge in [-0.05, 0) is 35.7 Å². The van der Waals surface area contributed by atoms with Crippen molar-refractivity contribution >= 4 is 34.8 Å². The molecular weight excluding hydrogens is 355 g/mol. The first-order valence-electron chi connectivity index (χ1n) is 7.86. The number of anilines is 1. The molecule has 1 heterocycles. The van der Waals surface area contributed by atoms with Crippen molar-refractivity contribution in [2.24, 2.45) is 0 Å². The molecule has 1 amide bonds. The molecule has 0 unspecified atom stereocenters. The highest BCUT2D eigenvalue weighted by Gasteiger charge is 2.10. The van der Waals surface area contributed by atoms with E-state index in [9.17, 15) is 4.79 Å². The third kappa shape index (κ3) is 5.31. The zero-order valence-corrected chi connectivity index (χ0v) is 15.0. The number of nitrogens with zero attached hydrogens (tertiary/aromatic N) is 1. The molecule has 0 aliphatic carbocycles. The van der Waals surface area contributed by atoms with Gasteiger partial charge in [0.15, 0.2) is 12.4 Å². The van der Waals surface area contributed by atoms with Gasteiger partial charge < -0.3 is 5.32 Å². The summed E-state index contributed by atoms with van der Waals surface area (Å²) in [5.41, 5.74) is 3.05. The lowest BCUT2D eigenvalue weighted by molar-refractivity contribution is -0.684. The summed E-state index contributed by atoms with van der Waals surface area (Å²) in [5.74, 6) is -0.140. The quantitative estimate of drug-likeness (QED) is 0.657. The Hall–Kier alpha value is -2.36. The molecule has 0 aliphatic heterocycles. The second-order valence-corrected chi connectivity index (χ2v) is 6.62. The zero-order chi connectivity index (χ0) is 17.6. The number of amides is 1. The number of nitrogens with one attached hydrogen (secondary N) is 1. The first-order chi connectivity index (χ1) is 12.1. The Morgan fingerprint density at radius 3 is 2.12 bits per heavy atom. The van der Waals surface area contributed by atoms with Crippen LogP contribution in [0.4, 0.5) is 5.69 Å². The summed E-state index contributed by atoms with van der Waals surface area (Å²) in [4.78, 5) is 12.2. The molecule has 0 saturated carbocycles. The van der Waals surface area contributed by atoms with Crippen molar-refractivity contribution in [1.82, 2.24) is 0 Å². The average Bonchev–Trinajstić information content (AvgIpc) is 2.56. The Kier molecular flexibility index (Phi) is 5.69. The van der Waals surface area contributed by atoms with Crippen molar-refractivity contribution < 1.29 is 9.36 Å². The highest BCUT2D eigenvalue weighted by Crippen LogP contribution is 2.22. The molecule has 0 saturated heterocycles. The number of pyridine rings is 1. The summed E-state index contributed by atoms with van der Waals surface area (Å²) < 4.78 is 1.83. The molecule has 0 bridgehead atoms. The topological polar surface area (TPSA) is 33.0 Å². The summed E-state index contributed by atoms with van der Waals surface area (Å²) in [7, 11) is 0. The maximum Gasteiger partial charge on any atom is 0.290 e. The number of aromatic nitrogens is 1. The molecule has 0 radical (unpaired) electrons. The van der Waals surface area contributed by atoms with Gasteiger partial charge in [-0.2, -0.15) is 4.57 Å². The number of rotatable bonds is 5. The fourth-order valence-electron chi connectivity index (χ4n) is 2.54. The first-order valence-corrected chi connectivity index (χ1v) is 8.62. The van der Waals surface area contributed by atoms with E-state index in [0.29, 0.717) is 15.7 Å². The third-order valence-corrected chi connectivity index (χ3v) is 4.12. The Labute approximate surface area is 156 Å². The number of hydrogen-bond acceptors (Lipinski definition) is 1. The second-order valence-electron chi connectivity index (χ2n) is 5.75. The van der Waals surface area contributed by atoms with Crippen LogP contribution in [0.25, 0.3) is 0 Å². The molecule has 126 valence electrons. The van der Waals surface area contributed by atoms with Gasteiger partial charge in [-0.1, -0.05) is 53.5 Å². The van der Waals surface area contributed by atoms with E-state index in [2.05, 4.69) is 17.4 Å². The van der Waals surface area contributed by atoms with Crippen LogP contribution in [0.5, 0.6) is 0 Å². The van der Waals surface area contributed by atoms with Gasteiger partial charge in [0, 0.05) is 27.9 Å². The molecule has 2 aromatic carbocycles. The van der Waals surface area contributed by atoms with Crippen molar-refractivity contribution in [2.75, 3.05) is 5.32 Å². The van der Waals surface area contributed by atoms with Gasteiger partial charge >= 0.3 is 0 Å². The normalized spacial score (nSPS) is 10.5. The molecule has 3 nitrogen and oxygen atoms in total. The van der Waals surface area contributed by atoms with Gasteiger partial charge in [0.1, 0.15) is 0 Å². The Morgan fingerprint density at radius 2 is 1.48 bits per heavy atom. The minimum atomic E-state index is -0.140. The largest absolute Gasteiger partial charge is 0.320 e. The highest BCUT2D eigenvalue weighted by molar-refractivity contribution is 6.35. The summed E-state index contributed by atoms with van der Waals surface area (Å²) in [6.45, 7) is 0.218. The van der Waals surface area contributed by atoms with E-state index in [1.165, 1.54) is 11.1 Å². The molecule has 0 fully saturated rings. The SMILES string of the molecule is O=C(C[n+]1ccc(Cc2ccccc2)cc1)Nc1cc(Cl)cc(Cl)c1. The summed E-state index contributed by atoms with van der Waals surface area (Å²) in [5, 5.41) is 3.77. The van der Waals surface area contributed by atoms with E-state index < -0.39 is 0 Å². The van der Waals surface area contributed by atoms with Gasteiger partial charge in [0.25, 0.3) is 5.91 Å². The van der Waals surface area contributed by atoms with Crippen LogP contribution >= 0.6 is 23.2 Å². The van der Waals surface area contributed by atoms with Crippen molar-refractivity contribution in [2.45, 2.75) is 13.0 Å². The summed E-state index contributed by atoms with van der Waals surface area (Å²) in [6, 6.07) is 19.3. The van der Waals surface area contributed by atoms with Crippen LogP contribution in [0.15, 0.2) is 73.1 Å². The zero-order valence-electron chi connectivity index (χ0n) is 13.5. The maximum absolute atomic E-state index is 12.2. The minimum Gasteiger partial charge on any atom is -0.320 e. The molecule has 1 N–H and O–H groups in total. The molecule has 0 spiro atoms. The van der Waals surface area contributed by atoms with Crippen molar-refractivity contribution in [3.05, 3.63) is 94.2 Å². The predicted octanol–water partition coefficient (Wildman–Crippen LogP) is 4.51. The van der Waals surface area contributed by atoms with Crippen LogP contribution in [0, 0.1) is 0 Å². The van der Waals surface area contributed by atoms with Crippen LogP contribution in [-0.4, -0.2) is 5.91 Å². The fourth-order valence-corrected chi connectivity index (χ4v) is 3.06. The third-order valence-electron chi connectivity index (χ3n) is 3.68. The molecule has 3 aromatic rings. The predicted molar refractivity (Wildman–Crippen MR) is 101 cm³/mol. The standard InChI is InChI=1S/C20H16Cl2N2O/c21-17-11-18(22)13-19(12-17)23-20(25)14-24-8-6-16(7-9-24)10-15-4-2-1-3-5-15/h1-9,11-13H,10,14H2/p+1. The lowest BCUT2D eigenvalue weighted by Gasteiger charge is -2.05. The maximum atomic E-state index is 12.2. The minimum absolute atomic E-state index is 0.140. The van der Waals surface area contributed by atoms with Crippen LogP contribution in [-0.2, 0) is 17.8 Å². The fraction of sp³-hybridized carbons (Fsp3) is 0.100. The Morgan fingerprint density at radius 1 is 0.880 bits per heavy atom. The van der Waals surface area contributed by atoms with Gasteiger partial charge in [0.05, 0.1) is 0 Å². The highest BCUT2D eigenvalue weighted by atomic mass is 35.5. The lowest BCUT2D eigenvalue weighted by Crippen LogP contribution is -2.39. The van der Waals surface area contributed by atoms with Crippen molar-refractivity contribution in [1.29, 1.82) is 0 Å². The molecule has 25 heavy (non-hydrogen) atoms. The monoisotopic (exact) mass is 371 g/mol. The van der Waals surface area contributed by atoms with Crippen LogP contribution < -0.4 is 9.88 Å². The van der Waals surface area contributed by atoms with Gasteiger partial charge in [-0.25, -0.2) is 0 Å².